The smallest absolute Gasteiger partial charge is 0.243 e. The molecule has 1 heterocycles. The number of sulfonamides is 1. The normalized spacial score (nSPS) is 12.0. The van der Waals surface area contributed by atoms with E-state index in [2.05, 4.69) is 5.16 Å². The summed E-state index contributed by atoms with van der Waals surface area (Å²) in [7, 11) is -2.08. The minimum Gasteiger partial charge on any atom is -0.398 e. The monoisotopic (exact) mass is 309 g/mol. The summed E-state index contributed by atoms with van der Waals surface area (Å²) in [6.45, 7) is 5.59. The van der Waals surface area contributed by atoms with E-state index < -0.39 is 10.0 Å². The molecule has 0 fully saturated rings. The van der Waals surface area contributed by atoms with Crippen LogP contribution in [0.3, 0.4) is 0 Å². The van der Waals surface area contributed by atoms with Crippen molar-refractivity contribution in [2.24, 2.45) is 0 Å². The Morgan fingerprint density at radius 2 is 1.95 bits per heavy atom. The number of aryl methyl sites for hydroxylation is 3. The molecule has 0 unspecified atom stereocenters. The quantitative estimate of drug-likeness (QED) is 0.873. The summed E-state index contributed by atoms with van der Waals surface area (Å²) in [4.78, 5) is 0.180. The SMILES string of the molecule is Cc1ccc(S(=O)(=O)N(C)Cc2c(C)noc2C)cc1N. The maximum atomic E-state index is 12.6. The topological polar surface area (TPSA) is 89.4 Å². The van der Waals surface area contributed by atoms with E-state index in [1.807, 2.05) is 6.92 Å². The van der Waals surface area contributed by atoms with E-state index in [0.717, 1.165) is 11.1 Å². The molecule has 1 aromatic heterocycles. The third kappa shape index (κ3) is 2.93. The predicted molar refractivity (Wildman–Crippen MR) is 80.2 cm³/mol. The van der Waals surface area contributed by atoms with Crippen LogP contribution in [0.25, 0.3) is 0 Å². The van der Waals surface area contributed by atoms with Crippen molar-refractivity contribution in [1.29, 1.82) is 0 Å². The molecule has 6 nitrogen and oxygen atoms in total. The molecule has 0 saturated carbocycles. The Morgan fingerprint density at radius 1 is 1.29 bits per heavy atom. The molecule has 21 heavy (non-hydrogen) atoms. The molecule has 0 bridgehead atoms. The van der Waals surface area contributed by atoms with Crippen LogP contribution in [0.5, 0.6) is 0 Å². The average molecular weight is 309 g/mol. The molecular weight excluding hydrogens is 290 g/mol. The van der Waals surface area contributed by atoms with E-state index in [4.69, 9.17) is 10.3 Å². The Kier molecular flexibility index (Phi) is 4.06. The number of nitrogens with two attached hydrogens (primary N) is 1. The third-order valence-corrected chi connectivity index (χ3v) is 5.32. The molecule has 0 aliphatic carbocycles. The van der Waals surface area contributed by atoms with Gasteiger partial charge in [0.1, 0.15) is 5.76 Å². The first kappa shape index (κ1) is 15.5. The van der Waals surface area contributed by atoms with Crippen LogP contribution in [0.2, 0.25) is 0 Å². The van der Waals surface area contributed by atoms with Crippen LogP contribution < -0.4 is 5.73 Å². The van der Waals surface area contributed by atoms with Gasteiger partial charge >= 0.3 is 0 Å². The average Bonchev–Trinajstić information content (AvgIpc) is 2.73. The van der Waals surface area contributed by atoms with Gasteiger partial charge in [0.15, 0.2) is 0 Å². The van der Waals surface area contributed by atoms with Gasteiger partial charge in [-0.1, -0.05) is 11.2 Å². The number of hydrogen-bond acceptors (Lipinski definition) is 5. The van der Waals surface area contributed by atoms with Gasteiger partial charge in [-0.2, -0.15) is 4.31 Å². The molecule has 0 aliphatic rings. The van der Waals surface area contributed by atoms with E-state index in [-0.39, 0.29) is 11.4 Å². The molecule has 0 atom stereocenters. The van der Waals surface area contributed by atoms with Gasteiger partial charge < -0.3 is 10.3 Å². The number of hydrogen-bond donors (Lipinski definition) is 1. The van der Waals surface area contributed by atoms with Crippen LogP contribution >= 0.6 is 0 Å². The van der Waals surface area contributed by atoms with E-state index in [1.54, 1.807) is 26.0 Å². The van der Waals surface area contributed by atoms with Gasteiger partial charge in [0.2, 0.25) is 10.0 Å². The molecule has 1 aromatic carbocycles. The fourth-order valence-electron chi connectivity index (χ4n) is 1.99. The standard InChI is InChI=1S/C14H19N3O3S/c1-9-5-6-12(7-14(9)15)21(18,19)17(4)8-13-10(2)16-20-11(13)3/h5-7H,8,15H2,1-4H3. The van der Waals surface area contributed by atoms with Crippen molar-refractivity contribution in [3.8, 4) is 0 Å². The number of benzene rings is 1. The van der Waals surface area contributed by atoms with Gasteiger partial charge in [-0.05, 0) is 38.5 Å². The fourth-order valence-corrected chi connectivity index (χ4v) is 3.17. The van der Waals surface area contributed by atoms with Crippen LogP contribution in [0.4, 0.5) is 5.69 Å². The van der Waals surface area contributed by atoms with Gasteiger partial charge in [0.05, 0.1) is 10.6 Å². The van der Waals surface area contributed by atoms with Crippen molar-refractivity contribution in [3.63, 3.8) is 0 Å². The highest BCUT2D eigenvalue weighted by Gasteiger charge is 2.23. The second kappa shape index (κ2) is 5.50. The van der Waals surface area contributed by atoms with E-state index in [0.29, 0.717) is 17.1 Å². The number of nitrogen functional groups attached to an aromatic ring is 1. The van der Waals surface area contributed by atoms with Crippen LogP contribution in [0.1, 0.15) is 22.6 Å². The summed E-state index contributed by atoms with van der Waals surface area (Å²) in [5, 5.41) is 3.83. The van der Waals surface area contributed by atoms with Crippen molar-refractivity contribution in [3.05, 3.63) is 40.8 Å². The lowest BCUT2D eigenvalue weighted by atomic mass is 10.2. The minimum atomic E-state index is -3.60. The molecule has 2 aromatic rings. The van der Waals surface area contributed by atoms with E-state index >= 15 is 0 Å². The van der Waals surface area contributed by atoms with Gasteiger partial charge in [0, 0.05) is 24.8 Å². The number of anilines is 1. The highest BCUT2D eigenvalue weighted by molar-refractivity contribution is 7.89. The van der Waals surface area contributed by atoms with Crippen molar-refractivity contribution in [2.75, 3.05) is 12.8 Å². The molecule has 114 valence electrons. The lowest BCUT2D eigenvalue weighted by molar-refractivity contribution is 0.390. The van der Waals surface area contributed by atoms with Gasteiger partial charge in [-0.3, -0.25) is 0 Å². The van der Waals surface area contributed by atoms with Crippen molar-refractivity contribution >= 4 is 15.7 Å². The zero-order valence-corrected chi connectivity index (χ0v) is 13.4. The highest BCUT2D eigenvalue weighted by Crippen LogP contribution is 2.23. The summed E-state index contributed by atoms with van der Waals surface area (Å²) >= 11 is 0. The molecule has 0 saturated heterocycles. The number of nitrogens with zero attached hydrogens (tertiary/aromatic N) is 2. The maximum absolute atomic E-state index is 12.6. The zero-order chi connectivity index (χ0) is 15.8. The molecule has 0 radical (unpaired) electrons. The first-order valence-electron chi connectivity index (χ1n) is 6.47. The van der Waals surface area contributed by atoms with E-state index in [9.17, 15) is 8.42 Å². The summed E-state index contributed by atoms with van der Waals surface area (Å²) in [5.74, 6) is 0.623. The van der Waals surface area contributed by atoms with Gasteiger partial charge in [0.25, 0.3) is 0 Å². The second-order valence-corrected chi connectivity index (χ2v) is 7.13. The molecular formula is C14H19N3O3S. The number of rotatable bonds is 4. The van der Waals surface area contributed by atoms with Gasteiger partial charge in [-0.25, -0.2) is 8.42 Å². The Morgan fingerprint density at radius 3 is 2.48 bits per heavy atom. The zero-order valence-electron chi connectivity index (χ0n) is 12.5. The summed E-state index contributed by atoms with van der Waals surface area (Å²) in [5.41, 5.74) is 8.57. The molecule has 2 rings (SSSR count). The lowest BCUT2D eigenvalue weighted by Crippen LogP contribution is -2.27. The predicted octanol–water partition coefficient (Wildman–Crippen LogP) is 2.00. The molecule has 2 N–H and O–H groups in total. The molecule has 7 heteroatoms. The van der Waals surface area contributed by atoms with Crippen molar-refractivity contribution < 1.29 is 12.9 Å². The highest BCUT2D eigenvalue weighted by atomic mass is 32.2. The van der Waals surface area contributed by atoms with Crippen LogP contribution in [-0.2, 0) is 16.6 Å². The van der Waals surface area contributed by atoms with E-state index in [1.165, 1.54) is 17.4 Å². The Hall–Kier alpha value is -1.86. The number of aromatic nitrogens is 1. The summed E-state index contributed by atoms with van der Waals surface area (Å²) in [6.07, 6.45) is 0. The fraction of sp³-hybridized carbons (Fsp3) is 0.357. The third-order valence-electron chi connectivity index (χ3n) is 3.52. The van der Waals surface area contributed by atoms with Gasteiger partial charge in [-0.15, -0.1) is 0 Å². The summed E-state index contributed by atoms with van der Waals surface area (Å²) in [6, 6.07) is 4.74. The first-order chi connectivity index (χ1) is 9.73. The van der Waals surface area contributed by atoms with Crippen molar-refractivity contribution in [1.82, 2.24) is 9.46 Å². The molecule has 0 aliphatic heterocycles. The van der Waals surface area contributed by atoms with Crippen LogP contribution in [0.15, 0.2) is 27.6 Å². The summed E-state index contributed by atoms with van der Waals surface area (Å²) < 4.78 is 31.5. The Balaban J connectivity index is 2.32. The first-order valence-corrected chi connectivity index (χ1v) is 7.91. The Bertz CT molecular complexity index is 746. The van der Waals surface area contributed by atoms with Crippen LogP contribution in [0, 0.1) is 20.8 Å². The maximum Gasteiger partial charge on any atom is 0.243 e. The minimum absolute atomic E-state index is 0.180. The Labute approximate surface area is 124 Å². The van der Waals surface area contributed by atoms with Crippen molar-refractivity contribution in [2.45, 2.75) is 32.2 Å². The molecule has 0 amide bonds. The van der Waals surface area contributed by atoms with Crippen LogP contribution in [-0.4, -0.2) is 24.9 Å². The largest absolute Gasteiger partial charge is 0.398 e. The molecule has 0 spiro atoms. The second-order valence-electron chi connectivity index (χ2n) is 5.08. The lowest BCUT2D eigenvalue weighted by Gasteiger charge is -2.17.